The number of hydrogen-bond acceptors (Lipinski definition) is 3. The Bertz CT molecular complexity index is 737. The molecule has 2 aromatic carbocycles. The molecule has 0 aliphatic carbocycles. The molecule has 22 heavy (non-hydrogen) atoms. The molecule has 0 bridgehead atoms. The van der Waals surface area contributed by atoms with Crippen molar-refractivity contribution in [2.45, 2.75) is 12.1 Å². The lowest BCUT2D eigenvalue weighted by Gasteiger charge is -2.04. The third-order valence-electron chi connectivity index (χ3n) is 3.04. The van der Waals surface area contributed by atoms with Gasteiger partial charge in [0.1, 0.15) is 0 Å². The zero-order chi connectivity index (χ0) is 14.7. The minimum atomic E-state index is -0.0377. The third kappa shape index (κ3) is 4.02. The van der Waals surface area contributed by atoms with Gasteiger partial charge in [-0.2, -0.15) is 0 Å². The molecule has 0 unspecified atom stereocenters. The number of nitrogens with zero attached hydrogens (tertiary/aromatic N) is 1. The number of anilines is 1. The lowest BCUT2D eigenvalue weighted by molar-refractivity contribution is -0.113. The van der Waals surface area contributed by atoms with Crippen LogP contribution in [0.4, 0.5) is 5.69 Å². The molecule has 1 amide bonds. The number of halogens is 1. The Morgan fingerprint density at radius 1 is 1.18 bits per heavy atom. The van der Waals surface area contributed by atoms with Crippen LogP contribution in [-0.2, 0) is 4.79 Å². The number of amides is 1. The minimum absolute atomic E-state index is 0. The Kier molecular flexibility index (Phi) is 5.46. The Hall–Kier alpha value is -1.98. The van der Waals surface area contributed by atoms with Crippen molar-refractivity contribution in [2.75, 3.05) is 11.1 Å². The van der Waals surface area contributed by atoms with E-state index < -0.39 is 0 Å². The fourth-order valence-electron chi connectivity index (χ4n) is 1.97. The quantitative estimate of drug-likeness (QED) is 0.709. The molecule has 0 aliphatic heterocycles. The van der Waals surface area contributed by atoms with E-state index in [9.17, 15) is 4.79 Å². The van der Waals surface area contributed by atoms with Crippen molar-refractivity contribution in [1.82, 2.24) is 9.97 Å². The lowest BCUT2D eigenvalue weighted by atomic mass is 10.2. The van der Waals surface area contributed by atoms with Gasteiger partial charge in [-0.15, -0.1) is 12.4 Å². The highest BCUT2D eigenvalue weighted by Gasteiger charge is 2.07. The van der Waals surface area contributed by atoms with Crippen molar-refractivity contribution < 1.29 is 4.79 Å². The van der Waals surface area contributed by atoms with Crippen LogP contribution < -0.4 is 5.32 Å². The number of imidazole rings is 1. The van der Waals surface area contributed by atoms with E-state index in [1.165, 1.54) is 17.3 Å². The Balaban J connectivity index is 0.00000176. The molecule has 3 rings (SSSR count). The summed E-state index contributed by atoms with van der Waals surface area (Å²) in [5, 5.41) is 3.63. The number of carbonyl (C=O) groups is 1. The second-order valence-corrected chi connectivity index (χ2v) is 5.73. The molecule has 0 spiro atoms. The van der Waals surface area contributed by atoms with E-state index in [-0.39, 0.29) is 18.3 Å². The number of nitrogens with one attached hydrogen (secondary N) is 2. The summed E-state index contributed by atoms with van der Waals surface area (Å²) in [6, 6.07) is 15.6. The van der Waals surface area contributed by atoms with Gasteiger partial charge in [-0.25, -0.2) is 4.98 Å². The molecule has 4 nitrogen and oxygen atoms in total. The van der Waals surface area contributed by atoms with Gasteiger partial charge < -0.3 is 10.3 Å². The van der Waals surface area contributed by atoms with Crippen LogP contribution in [-0.4, -0.2) is 21.6 Å². The van der Waals surface area contributed by atoms with E-state index in [2.05, 4.69) is 15.3 Å². The number of benzene rings is 2. The molecule has 0 fully saturated rings. The van der Waals surface area contributed by atoms with Gasteiger partial charge in [0, 0.05) is 5.69 Å². The number of aromatic amines is 1. The Morgan fingerprint density at radius 3 is 2.64 bits per heavy atom. The highest BCUT2D eigenvalue weighted by atomic mass is 35.5. The van der Waals surface area contributed by atoms with Crippen LogP contribution in [0.15, 0.2) is 53.7 Å². The van der Waals surface area contributed by atoms with Crippen LogP contribution in [0, 0.1) is 6.92 Å². The number of aromatic nitrogens is 2. The molecule has 1 aromatic heterocycles. The molecule has 114 valence electrons. The molecule has 3 aromatic rings. The van der Waals surface area contributed by atoms with Gasteiger partial charge in [0.25, 0.3) is 0 Å². The predicted molar refractivity (Wildman–Crippen MR) is 93.9 cm³/mol. The maximum atomic E-state index is 11.9. The standard InChI is InChI=1S/C16H15N3OS.ClH/c1-11-6-8-12(9-7-11)17-15(20)10-21-16-18-13-4-2-3-5-14(13)19-16;/h2-9H,10H2,1H3,(H,17,20)(H,18,19);1H. The first kappa shape index (κ1) is 16.4. The summed E-state index contributed by atoms with van der Waals surface area (Å²) in [5.41, 5.74) is 3.89. The topological polar surface area (TPSA) is 57.8 Å². The van der Waals surface area contributed by atoms with Crippen molar-refractivity contribution in [2.24, 2.45) is 0 Å². The average Bonchev–Trinajstić information content (AvgIpc) is 2.90. The molecule has 2 N–H and O–H groups in total. The van der Waals surface area contributed by atoms with E-state index >= 15 is 0 Å². The number of H-pyrrole nitrogens is 1. The molecule has 0 saturated carbocycles. The average molecular weight is 334 g/mol. The van der Waals surface area contributed by atoms with Crippen LogP contribution in [0.2, 0.25) is 0 Å². The number of thioether (sulfide) groups is 1. The van der Waals surface area contributed by atoms with Gasteiger partial charge in [0.15, 0.2) is 5.16 Å². The first-order valence-corrected chi connectivity index (χ1v) is 7.63. The number of fused-ring (bicyclic) bond motifs is 1. The molecule has 0 saturated heterocycles. The molecule has 0 atom stereocenters. The van der Waals surface area contributed by atoms with E-state index in [1.807, 2.05) is 55.5 Å². The van der Waals surface area contributed by atoms with Crippen LogP contribution in [0.1, 0.15) is 5.56 Å². The largest absolute Gasteiger partial charge is 0.333 e. The maximum Gasteiger partial charge on any atom is 0.234 e. The van der Waals surface area contributed by atoms with E-state index in [4.69, 9.17) is 0 Å². The normalized spacial score (nSPS) is 10.2. The fourth-order valence-corrected chi connectivity index (χ4v) is 2.65. The molecule has 6 heteroatoms. The first-order chi connectivity index (χ1) is 10.2. The molecule has 0 radical (unpaired) electrons. The smallest absolute Gasteiger partial charge is 0.234 e. The summed E-state index contributed by atoms with van der Waals surface area (Å²) >= 11 is 1.40. The molecule has 1 heterocycles. The molecular weight excluding hydrogens is 318 g/mol. The van der Waals surface area contributed by atoms with Crippen molar-refractivity contribution in [3.8, 4) is 0 Å². The van der Waals surface area contributed by atoms with E-state index in [0.717, 1.165) is 21.9 Å². The second kappa shape index (κ2) is 7.33. The third-order valence-corrected chi connectivity index (χ3v) is 3.92. The van der Waals surface area contributed by atoms with Gasteiger partial charge in [0.2, 0.25) is 5.91 Å². The summed E-state index contributed by atoms with van der Waals surface area (Å²) in [7, 11) is 0. The zero-order valence-corrected chi connectivity index (χ0v) is 13.6. The van der Waals surface area contributed by atoms with Gasteiger partial charge >= 0.3 is 0 Å². The fraction of sp³-hybridized carbons (Fsp3) is 0.125. The SMILES string of the molecule is Cc1ccc(NC(=O)CSc2nc3ccccc3[nH]2)cc1.Cl. The number of hydrogen-bond donors (Lipinski definition) is 2. The Morgan fingerprint density at radius 2 is 1.91 bits per heavy atom. The summed E-state index contributed by atoms with van der Waals surface area (Å²) in [6.07, 6.45) is 0. The van der Waals surface area contributed by atoms with Crippen LogP contribution in [0.3, 0.4) is 0 Å². The number of carbonyl (C=O) groups excluding carboxylic acids is 1. The summed E-state index contributed by atoms with van der Waals surface area (Å²) in [6.45, 7) is 2.02. The van der Waals surface area contributed by atoms with Gasteiger partial charge in [0.05, 0.1) is 16.8 Å². The van der Waals surface area contributed by atoms with E-state index in [1.54, 1.807) is 0 Å². The zero-order valence-electron chi connectivity index (χ0n) is 12.0. The molecule has 0 aliphatic rings. The van der Waals surface area contributed by atoms with Crippen molar-refractivity contribution in [3.05, 3.63) is 54.1 Å². The van der Waals surface area contributed by atoms with Crippen molar-refractivity contribution >= 4 is 46.8 Å². The van der Waals surface area contributed by atoms with Crippen LogP contribution in [0.25, 0.3) is 11.0 Å². The van der Waals surface area contributed by atoms with Gasteiger partial charge in [-0.3, -0.25) is 4.79 Å². The van der Waals surface area contributed by atoms with Gasteiger partial charge in [-0.05, 0) is 31.2 Å². The highest BCUT2D eigenvalue weighted by Crippen LogP contribution is 2.19. The second-order valence-electron chi connectivity index (χ2n) is 4.76. The van der Waals surface area contributed by atoms with Crippen LogP contribution in [0.5, 0.6) is 0 Å². The maximum absolute atomic E-state index is 11.9. The first-order valence-electron chi connectivity index (χ1n) is 6.65. The lowest BCUT2D eigenvalue weighted by Crippen LogP contribution is -2.14. The highest BCUT2D eigenvalue weighted by molar-refractivity contribution is 7.99. The van der Waals surface area contributed by atoms with Crippen LogP contribution >= 0.6 is 24.2 Å². The van der Waals surface area contributed by atoms with Crippen molar-refractivity contribution in [3.63, 3.8) is 0 Å². The number of aryl methyl sites for hydroxylation is 1. The molecular formula is C16H16ClN3OS. The monoisotopic (exact) mass is 333 g/mol. The number of para-hydroxylation sites is 2. The predicted octanol–water partition coefficient (Wildman–Crippen LogP) is 4.02. The summed E-state index contributed by atoms with van der Waals surface area (Å²) < 4.78 is 0. The van der Waals surface area contributed by atoms with Gasteiger partial charge in [-0.1, -0.05) is 41.6 Å². The van der Waals surface area contributed by atoms with Crippen molar-refractivity contribution in [1.29, 1.82) is 0 Å². The Labute approximate surface area is 139 Å². The summed E-state index contributed by atoms with van der Waals surface area (Å²) in [4.78, 5) is 19.5. The number of rotatable bonds is 4. The minimum Gasteiger partial charge on any atom is -0.333 e. The summed E-state index contributed by atoms with van der Waals surface area (Å²) in [5.74, 6) is 0.289. The van der Waals surface area contributed by atoms with E-state index in [0.29, 0.717) is 5.75 Å².